The Hall–Kier alpha value is -2.31. The normalized spacial score (nSPS) is 15.8. The van der Waals surface area contributed by atoms with E-state index in [1.165, 1.54) is 18.2 Å². The Morgan fingerprint density at radius 1 is 1.05 bits per heavy atom. The molecule has 0 radical (unpaired) electrons. The summed E-state index contributed by atoms with van der Waals surface area (Å²) >= 11 is 5.93. The van der Waals surface area contributed by atoms with E-state index in [9.17, 15) is 13.2 Å². The summed E-state index contributed by atoms with van der Waals surface area (Å²) in [4.78, 5) is 15.2. The molecule has 0 bridgehead atoms. The quantitative estimate of drug-likeness (QED) is 0.663. The molecule has 0 atom stereocenters. The van der Waals surface area contributed by atoms with Crippen LogP contribution in [0.5, 0.6) is 0 Å². The van der Waals surface area contributed by atoms with Crippen LogP contribution < -0.4 is 5.32 Å². The zero-order valence-corrected chi connectivity index (χ0v) is 12.6. The number of halogens is 1. The first-order valence-corrected chi connectivity index (χ1v) is 8.31. The maximum absolute atomic E-state index is 13.0. The number of rotatable bonds is 0. The Morgan fingerprint density at radius 2 is 1.82 bits per heavy atom. The van der Waals surface area contributed by atoms with Crippen LogP contribution in [0.2, 0.25) is 5.02 Å². The molecule has 7 heteroatoms. The summed E-state index contributed by atoms with van der Waals surface area (Å²) in [5.74, 6) is -0.490. The van der Waals surface area contributed by atoms with Crippen molar-refractivity contribution in [1.29, 1.82) is 0 Å². The lowest BCUT2D eigenvalue weighted by Crippen LogP contribution is -2.11. The van der Waals surface area contributed by atoms with E-state index in [1.54, 1.807) is 24.3 Å². The zero-order chi connectivity index (χ0) is 15.5. The standard InChI is InChI=1S/C15H9ClN2O3S/c16-8-5-6-11-12(7-8)22(20,21)14-9-3-1-2-4-10(9)17-13(14)15(19)18-11/h1-7,17H,(H,18,19). The Kier molecular flexibility index (Phi) is 2.64. The lowest BCUT2D eigenvalue weighted by Gasteiger charge is -2.07. The molecule has 0 spiro atoms. The number of amides is 1. The molecule has 1 aromatic heterocycles. The van der Waals surface area contributed by atoms with Crippen LogP contribution in [0.1, 0.15) is 10.5 Å². The van der Waals surface area contributed by atoms with Gasteiger partial charge in [0.05, 0.1) is 10.6 Å². The highest BCUT2D eigenvalue weighted by Crippen LogP contribution is 2.38. The maximum atomic E-state index is 13.0. The fraction of sp³-hybridized carbons (Fsp3) is 0. The van der Waals surface area contributed by atoms with Gasteiger partial charge in [0.15, 0.2) is 0 Å². The smallest absolute Gasteiger partial charge is 0.273 e. The number of sulfone groups is 1. The van der Waals surface area contributed by atoms with Crippen molar-refractivity contribution < 1.29 is 13.2 Å². The monoisotopic (exact) mass is 332 g/mol. The minimum atomic E-state index is -3.88. The molecule has 2 heterocycles. The summed E-state index contributed by atoms with van der Waals surface area (Å²) in [6.45, 7) is 0. The Labute approximate surface area is 130 Å². The molecule has 22 heavy (non-hydrogen) atoms. The molecule has 0 saturated carbocycles. The summed E-state index contributed by atoms with van der Waals surface area (Å²) < 4.78 is 26.0. The molecule has 0 aliphatic carbocycles. The van der Waals surface area contributed by atoms with Crippen molar-refractivity contribution in [2.45, 2.75) is 9.79 Å². The van der Waals surface area contributed by atoms with Gasteiger partial charge in [-0.2, -0.15) is 0 Å². The van der Waals surface area contributed by atoms with Gasteiger partial charge in [0.25, 0.3) is 5.91 Å². The molecule has 3 aromatic rings. The van der Waals surface area contributed by atoms with Crippen molar-refractivity contribution in [3.8, 4) is 0 Å². The number of benzene rings is 2. The molecule has 4 rings (SSSR count). The lowest BCUT2D eigenvalue weighted by atomic mass is 10.2. The fourth-order valence-electron chi connectivity index (χ4n) is 2.67. The maximum Gasteiger partial charge on any atom is 0.273 e. The van der Waals surface area contributed by atoms with Gasteiger partial charge in [-0.15, -0.1) is 0 Å². The molecule has 1 aliphatic rings. The van der Waals surface area contributed by atoms with Gasteiger partial charge in [-0.3, -0.25) is 4.79 Å². The molecule has 2 N–H and O–H groups in total. The van der Waals surface area contributed by atoms with Gasteiger partial charge in [-0.05, 0) is 24.3 Å². The first kappa shape index (κ1) is 13.4. The molecule has 1 aliphatic heterocycles. The molecular weight excluding hydrogens is 324 g/mol. The second kappa shape index (κ2) is 4.34. The van der Waals surface area contributed by atoms with Crippen molar-refractivity contribution in [2.24, 2.45) is 0 Å². The SMILES string of the molecule is O=C1Nc2ccc(Cl)cc2S(=O)(=O)c2c1[nH]c1ccccc21. The number of H-pyrrole nitrogens is 1. The molecule has 2 aromatic carbocycles. The van der Waals surface area contributed by atoms with Crippen LogP contribution in [0.25, 0.3) is 10.9 Å². The first-order chi connectivity index (χ1) is 10.5. The average molecular weight is 333 g/mol. The predicted molar refractivity (Wildman–Crippen MR) is 83.2 cm³/mol. The van der Waals surface area contributed by atoms with Crippen LogP contribution in [0.3, 0.4) is 0 Å². The second-order valence-electron chi connectivity index (χ2n) is 4.97. The zero-order valence-electron chi connectivity index (χ0n) is 11.1. The highest BCUT2D eigenvalue weighted by molar-refractivity contribution is 7.92. The molecule has 5 nitrogen and oxygen atoms in total. The summed E-state index contributed by atoms with van der Waals surface area (Å²) in [5, 5.41) is 3.39. The number of anilines is 1. The van der Waals surface area contributed by atoms with Gasteiger partial charge >= 0.3 is 0 Å². The number of nitrogens with one attached hydrogen (secondary N) is 2. The minimum Gasteiger partial charge on any atom is -0.349 e. The number of carbonyl (C=O) groups is 1. The predicted octanol–water partition coefficient (Wildman–Crippen LogP) is 3.22. The minimum absolute atomic E-state index is 0.00291. The van der Waals surface area contributed by atoms with Crippen LogP contribution in [-0.2, 0) is 9.84 Å². The van der Waals surface area contributed by atoms with Gasteiger partial charge < -0.3 is 10.3 Å². The van der Waals surface area contributed by atoms with Crippen LogP contribution in [0, 0.1) is 0 Å². The number of hydrogen-bond donors (Lipinski definition) is 2. The van der Waals surface area contributed by atoms with E-state index < -0.39 is 15.7 Å². The number of carbonyl (C=O) groups excluding carboxylic acids is 1. The van der Waals surface area contributed by atoms with Gasteiger partial charge in [0, 0.05) is 15.9 Å². The lowest BCUT2D eigenvalue weighted by molar-refractivity contribution is 0.102. The molecular formula is C15H9ClN2O3S. The van der Waals surface area contributed by atoms with E-state index >= 15 is 0 Å². The van der Waals surface area contributed by atoms with Crippen molar-refractivity contribution in [2.75, 3.05) is 5.32 Å². The van der Waals surface area contributed by atoms with Crippen LogP contribution in [0.4, 0.5) is 5.69 Å². The third-order valence-electron chi connectivity index (χ3n) is 3.64. The molecule has 0 saturated heterocycles. The van der Waals surface area contributed by atoms with Crippen LogP contribution in [0.15, 0.2) is 52.3 Å². The highest BCUT2D eigenvalue weighted by atomic mass is 35.5. The van der Waals surface area contributed by atoms with E-state index in [-0.39, 0.29) is 21.2 Å². The molecule has 0 unspecified atom stereocenters. The van der Waals surface area contributed by atoms with Crippen molar-refractivity contribution in [3.05, 3.63) is 53.2 Å². The first-order valence-electron chi connectivity index (χ1n) is 6.45. The average Bonchev–Trinajstić information content (AvgIpc) is 2.86. The van der Waals surface area contributed by atoms with Crippen molar-refractivity contribution in [1.82, 2.24) is 4.98 Å². The van der Waals surface area contributed by atoms with Gasteiger partial charge in [0.2, 0.25) is 9.84 Å². The van der Waals surface area contributed by atoms with Crippen molar-refractivity contribution >= 4 is 43.9 Å². The molecule has 110 valence electrons. The number of aromatic amines is 1. The topological polar surface area (TPSA) is 79.0 Å². The summed E-state index contributed by atoms with van der Waals surface area (Å²) in [6.07, 6.45) is 0. The summed E-state index contributed by atoms with van der Waals surface area (Å²) in [6, 6.07) is 11.3. The fourth-order valence-corrected chi connectivity index (χ4v) is 4.70. The van der Waals surface area contributed by atoms with Crippen LogP contribution >= 0.6 is 11.6 Å². The Morgan fingerprint density at radius 3 is 2.64 bits per heavy atom. The third-order valence-corrected chi connectivity index (χ3v) is 5.75. The van der Waals surface area contributed by atoms with E-state index in [1.807, 2.05) is 0 Å². The Bertz CT molecular complexity index is 1050. The largest absolute Gasteiger partial charge is 0.349 e. The van der Waals surface area contributed by atoms with E-state index in [4.69, 9.17) is 11.6 Å². The molecule has 1 amide bonds. The Balaban J connectivity index is 2.18. The number of hydrogen-bond acceptors (Lipinski definition) is 3. The van der Waals surface area contributed by atoms with Gasteiger partial charge in [-0.25, -0.2) is 8.42 Å². The third kappa shape index (κ3) is 1.71. The van der Waals surface area contributed by atoms with E-state index in [0.717, 1.165) is 0 Å². The van der Waals surface area contributed by atoms with Crippen molar-refractivity contribution in [3.63, 3.8) is 0 Å². The summed E-state index contributed by atoms with van der Waals surface area (Å²) in [5.41, 5.74) is 0.855. The van der Waals surface area contributed by atoms with Gasteiger partial charge in [-0.1, -0.05) is 29.8 Å². The summed E-state index contributed by atoms with van der Waals surface area (Å²) in [7, 11) is -3.88. The van der Waals surface area contributed by atoms with E-state index in [2.05, 4.69) is 10.3 Å². The van der Waals surface area contributed by atoms with Crippen LogP contribution in [-0.4, -0.2) is 19.3 Å². The molecule has 0 fully saturated rings. The van der Waals surface area contributed by atoms with E-state index in [0.29, 0.717) is 15.9 Å². The highest BCUT2D eigenvalue weighted by Gasteiger charge is 2.34. The number of aromatic nitrogens is 1. The number of fused-ring (bicyclic) bond motifs is 4. The number of para-hydroxylation sites is 1. The second-order valence-corrected chi connectivity index (χ2v) is 7.26. The van der Waals surface area contributed by atoms with Gasteiger partial charge in [0.1, 0.15) is 10.6 Å².